The number of carbonyl (C=O) groups excluding carboxylic acids is 2. The summed E-state index contributed by atoms with van der Waals surface area (Å²) in [5, 5.41) is 10.4. The van der Waals surface area contributed by atoms with Gasteiger partial charge >= 0.3 is 0 Å². The van der Waals surface area contributed by atoms with Gasteiger partial charge in [-0.3, -0.25) is 9.59 Å². The average molecular weight is 466 g/mol. The van der Waals surface area contributed by atoms with Crippen LogP contribution in [0, 0.1) is 0 Å². The molecule has 2 N–H and O–H groups in total. The zero-order chi connectivity index (χ0) is 22.7. The quantitative estimate of drug-likeness (QED) is 0.382. The Labute approximate surface area is 194 Å². The summed E-state index contributed by atoms with van der Waals surface area (Å²) in [6, 6.07) is 15.9. The molecular weight excluding hydrogens is 442 g/mol. The van der Waals surface area contributed by atoms with Gasteiger partial charge in [0, 0.05) is 17.2 Å². The van der Waals surface area contributed by atoms with Crippen LogP contribution in [0.1, 0.15) is 30.2 Å². The van der Waals surface area contributed by atoms with Crippen LogP contribution in [-0.4, -0.2) is 23.9 Å². The van der Waals surface area contributed by atoms with Gasteiger partial charge in [-0.05, 0) is 47.5 Å². The normalized spacial score (nSPS) is 11.8. The number of hydrogen-bond donors (Lipinski definition) is 2. The largest absolute Gasteiger partial charge is 0.497 e. The van der Waals surface area contributed by atoms with Crippen molar-refractivity contribution in [1.82, 2.24) is 10.3 Å². The van der Waals surface area contributed by atoms with Gasteiger partial charge in [0.15, 0.2) is 5.13 Å². The molecule has 2 amide bonds. The highest BCUT2D eigenvalue weighted by Crippen LogP contribution is 2.32. The number of nitrogens with zero attached hydrogens (tertiary/aromatic N) is 1. The van der Waals surface area contributed by atoms with Crippen molar-refractivity contribution in [2.45, 2.75) is 26.3 Å². The van der Waals surface area contributed by atoms with E-state index in [0.717, 1.165) is 37.5 Å². The van der Waals surface area contributed by atoms with Crippen LogP contribution in [0.25, 0.3) is 21.3 Å². The Hall–Kier alpha value is -3.23. The predicted octanol–water partition coefficient (Wildman–Crippen LogP) is 5.41. The number of anilines is 1. The molecule has 0 radical (unpaired) electrons. The average Bonchev–Trinajstić information content (AvgIpc) is 3.45. The summed E-state index contributed by atoms with van der Waals surface area (Å²) in [7, 11) is 1.65. The summed E-state index contributed by atoms with van der Waals surface area (Å²) in [5.41, 5.74) is 1.76. The SMILES string of the molecule is COc1ccc2cc([C@H](C)C(=O)Nc3nc(-c4ccc(CNC(C)=O)s4)cs3)ccc2c1. The Morgan fingerprint density at radius 2 is 1.88 bits per heavy atom. The lowest BCUT2D eigenvalue weighted by molar-refractivity contribution is -0.119. The van der Waals surface area contributed by atoms with Crippen LogP contribution in [0.2, 0.25) is 0 Å². The molecule has 6 nitrogen and oxygen atoms in total. The molecule has 2 heterocycles. The molecule has 164 valence electrons. The van der Waals surface area contributed by atoms with Crippen molar-refractivity contribution >= 4 is 50.4 Å². The molecule has 0 bridgehead atoms. The van der Waals surface area contributed by atoms with E-state index in [2.05, 4.69) is 15.6 Å². The van der Waals surface area contributed by atoms with Crippen LogP contribution in [-0.2, 0) is 16.1 Å². The van der Waals surface area contributed by atoms with Crippen molar-refractivity contribution in [3.8, 4) is 16.3 Å². The number of fused-ring (bicyclic) bond motifs is 1. The summed E-state index contributed by atoms with van der Waals surface area (Å²) in [6.07, 6.45) is 0. The number of aromatic nitrogens is 1. The van der Waals surface area contributed by atoms with Gasteiger partial charge < -0.3 is 15.4 Å². The van der Waals surface area contributed by atoms with Crippen LogP contribution in [0.3, 0.4) is 0 Å². The van der Waals surface area contributed by atoms with Crippen LogP contribution < -0.4 is 15.4 Å². The van der Waals surface area contributed by atoms with E-state index in [1.165, 1.54) is 18.3 Å². The summed E-state index contributed by atoms with van der Waals surface area (Å²) in [4.78, 5) is 30.6. The number of rotatable bonds is 7. The molecule has 1 atom stereocenters. The van der Waals surface area contributed by atoms with E-state index in [1.54, 1.807) is 18.4 Å². The van der Waals surface area contributed by atoms with E-state index in [-0.39, 0.29) is 17.7 Å². The van der Waals surface area contributed by atoms with Crippen molar-refractivity contribution < 1.29 is 14.3 Å². The van der Waals surface area contributed by atoms with E-state index < -0.39 is 0 Å². The molecule has 4 rings (SSSR count). The molecule has 0 saturated carbocycles. The van der Waals surface area contributed by atoms with Gasteiger partial charge in [0.05, 0.1) is 30.1 Å². The summed E-state index contributed by atoms with van der Waals surface area (Å²) in [5.74, 6) is 0.332. The number of benzene rings is 2. The zero-order valence-electron chi connectivity index (χ0n) is 18.0. The van der Waals surface area contributed by atoms with Crippen LogP contribution in [0.5, 0.6) is 5.75 Å². The topological polar surface area (TPSA) is 80.3 Å². The lowest BCUT2D eigenvalue weighted by Crippen LogP contribution is -2.18. The molecule has 8 heteroatoms. The first kappa shape index (κ1) is 22.0. The van der Waals surface area contributed by atoms with Crippen LogP contribution in [0.4, 0.5) is 5.13 Å². The van der Waals surface area contributed by atoms with Gasteiger partial charge in [0.25, 0.3) is 0 Å². The molecule has 4 aromatic rings. The summed E-state index contributed by atoms with van der Waals surface area (Å²) in [6.45, 7) is 3.89. The summed E-state index contributed by atoms with van der Waals surface area (Å²) < 4.78 is 5.28. The second-order valence-corrected chi connectivity index (χ2v) is 9.42. The number of nitrogens with one attached hydrogen (secondary N) is 2. The Bertz CT molecular complexity index is 1280. The Kier molecular flexibility index (Phi) is 6.53. The first-order chi connectivity index (χ1) is 15.4. The monoisotopic (exact) mass is 465 g/mol. The van der Waals surface area contributed by atoms with Gasteiger partial charge in [0.2, 0.25) is 11.8 Å². The fourth-order valence-electron chi connectivity index (χ4n) is 3.27. The second kappa shape index (κ2) is 9.50. The highest BCUT2D eigenvalue weighted by atomic mass is 32.1. The van der Waals surface area contributed by atoms with Crippen molar-refractivity contribution in [1.29, 1.82) is 0 Å². The molecule has 32 heavy (non-hydrogen) atoms. The number of carbonyl (C=O) groups is 2. The van der Waals surface area contributed by atoms with Crippen LogP contribution >= 0.6 is 22.7 Å². The highest BCUT2D eigenvalue weighted by molar-refractivity contribution is 7.17. The van der Waals surface area contributed by atoms with E-state index >= 15 is 0 Å². The maximum atomic E-state index is 12.8. The zero-order valence-corrected chi connectivity index (χ0v) is 19.6. The van der Waals surface area contributed by atoms with Gasteiger partial charge in [-0.2, -0.15) is 0 Å². The first-order valence-corrected chi connectivity index (χ1v) is 11.8. The molecule has 0 saturated heterocycles. The minimum Gasteiger partial charge on any atom is -0.497 e. The van der Waals surface area contributed by atoms with E-state index in [0.29, 0.717) is 11.7 Å². The minimum atomic E-state index is -0.320. The third kappa shape index (κ3) is 4.98. The number of thiophene rings is 1. The molecule has 0 aliphatic rings. The maximum absolute atomic E-state index is 12.8. The van der Waals surface area contributed by atoms with Crippen molar-refractivity contribution in [3.63, 3.8) is 0 Å². The standard InChI is InChI=1S/C24H23N3O3S2/c1-14(16-4-5-18-11-19(30-3)7-6-17(18)10-16)23(29)27-24-26-21(13-31-24)22-9-8-20(32-22)12-25-15(2)28/h4-11,13-14H,12H2,1-3H3,(H,25,28)(H,26,27,29)/t14-/m0/s1. The Morgan fingerprint density at radius 1 is 1.09 bits per heavy atom. The smallest absolute Gasteiger partial charge is 0.233 e. The molecule has 2 aromatic heterocycles. The second-order valence-electron chi connectivity index (χ2n) is 7.40. The third-order valence-electron chi connectivity index (χ3n) is 5.12. The molecular formula is C24H23N3O3S2. The maximum Gasteiger partial charge on any atom is 0.233 e. The van der Waals surface area contributed by atoms with Crippen molar-refractivity contribution in [2.75, 3.05) is 12.4 Å². The minimum absolute atomic E-state index is 0.0566. The van der Waals surface area contributed by atoms with E-state index in [9.17, 15) is 9.59 Å². The Balaban J connectivity index is 1.43. The molecule has 0 unspecified atom stereocenters. The molecule has 0 aliphatic carbocycles. The van der Waals surface area contributed by atoms with E-state index in [4.69, 9.17) is 4.74 Å². The number of hydrogen-bond acceptors (Lipinski definition) is 6. The summed E-state index contributed by atoms with van der Waals surface area (Å²) >= 11 is 2.97. The fraction of sp³-hybridized carbons (Fsp3) is 0.208. The predicted molar refractivity (Wildman–Crippen MR) is 130 cm³/mol. The number of methoxy groups -OCH3 is 1. The van der Waals surface area contributed by atoms with Gasteiger partial charge in [-0.1, -0.05) is 24.3 Å². The van der Waals surface area contributed by atoms with Gasteiger partial charge in [-0.25, -0.2) is 4.98 Å². The molecule has 0 spiro atoms. The number of amides is 2. The number of ether oxygens (including phenoxy) is 1. The Morgan fingerprint density at radius 3 is 2.66 bits per heavy atom. The molecule has 2 aromatic carbocycles. The van der Waals surface area contributed by atoms with Gasteiger partial charge in [0.1, 0.15) is 5.75 Å². The fourth-order valence-corrected chi connectivity index (χ4v) is 4.97. The van der Waals surface area contributed by atoms with Crippen molar-refractivity contribution in [2.24, 2.45) is 0 Å². The van der Waals surface area contributed by atoms with Crippen molar-refractivity contribution in [3.05, 3.63) is 64.4 Å². The molecule has 0 aliphatic heterocycles. The number of thiazole rings is 1. The lowest BCUT2D eigenvalue weighted by Gasteiger charge is -2.12. The first-order valence-electron chi connectivity index (χ1n) is 10.1. The highest BCUT2D eigenvalue weighted by Gasteiger charge is 2.18. The van der Waals surface area contributed by atoms with Crippen LogP contribution in [0.15, 0.2) is 53.9 Å². The third-order valence-corrected chi connectivity index (χ3v) is 6.99. The van der Waals surface area contributed by atoms with E-state index in [1.807, 2.05) is 60.8 Å². The molecule has 0 fully saturated rings. The van der Waals surface area contributed by atoms with Gasteiger partial charge in [-0.15, -0.1) is 22.7 Å². The lowest BCUT2D eigenvalue weighted by atomic mass is 9.97.